The Balaban J connectivity index is 1.83. The van der Waals surface area contributed by atoms with Crippen LogP contribution in [0.3, 0.4) is 0 Å². The van der Waals surface area contributed by atoms with Crippen LogP contribution in [0.5, 0.6) is 0 Å². The van der Waals surface area contributed by atoms with Gasteiger partial charge < -0.3 is 14.2 Å². The minimum absolute atomic E-state index is 0.158. The van der Waals surface area contributed by atoms with Gasteiger partial charge in [-0.2, -0.15) is 0 Å². The number of nitrogens with zero attached hydrogens (tertiary/aromatic N) is 3. The summed E-state index contributed by atoms with van der Waals surface area (Å²) in [5.74, 6) is -0.677. The van der Waals surface area contributed by atoms with Gasteiger partial charge in [-0.1, -0.05) is 0 Å². The van der Waals surface area contributed by atoms with E-state index in [2.05, 4.69) is 23.7 Å². The summed E-state index contributed by atoms with van der Waals surface area (Å²) in [6.07, 6.45) is 2.49. The molecule has 1 unspecified atom stereocenters. The van der Waals surface area contributed by atoms with Gasteiger partial charge in [0.25, 0.3) is 0 Å². The van der Waals surface area contributed by atoms with Crippen molar-refractivity contribution < 1.29 is 23.8 Å². The number of morpholine rings is 1. The van der Waals surface area contributed by atoms with Crippen LogP contribution in [0.4, 0.5) is 4.79 Å². The topological polar surface area (TPSA) is 81.2 Å². The maximum absolute atomic E-state index is 13.1. The normalized spacial score (nSPS) is 28.4. The number of likely N-dealkylation sites (tertiary alicyclic amines) is 1. The second kappa shape index (κ2) is 9.42. The Morgan fingerprint density at radius 2 is 1.87 bits per heavy atom. The predicted molar refractivity (Wildman–Crippen MR) is 118 cm³/mol. The largest absolute Gasteiger partial charge is 0.469 e. The standard InChI is InChI=1S/C22H35N3O5S/c1-13-10-24(11-14(2)29-13)16-8-17(25(12-16)21(27)30-22(4,5)6)19-23-9-18(31-19)15(3)20(26)28-7/h9,13-17H,8,10-12H2,1-7H3/t13-,14+,15?,16-,17-/m0/s1. The van der Waals surface area contributed by atoms with Gasteiger partial charge in [-0.25, -0.2) is 9.78 Å². The lowest BCUT2D eigenvalue weighted by molar-refractivity contribution is -0.141. The van der Waals surface area contributed by atoms with Crippen LogP contribution in [0.15, 0.2) is 6.20 Å². The molecular formula is C22H35N3O5S. The highest BCUT2D eigenvalue weighted by Crippen LogP contribution is 2.39. The number of thiazole rings is 1. The van der Waals surface area contributed by atoms with E-state index in [4.69, 9.17) is 14.2 Å². The fourth-order valence-corrected chi connectivity index (χ4v) is 5.38. The SMILES string of the molecule is COC(=O)C(C)c1cnc([C@@H]2C[C@H](N3C[C@@H](C)O[C@@H](C)C3)CN2C(=O)OC(C)(C)C)s1. The highest BCUT2D eigenvalue weighted by molar-refractivity contribution is 7.11. The number of carbonyl (C=O) groups is 2. The van der Waals surface area contributed by atoms with Gasteiger partial charge in [0.1, 0.15) is 10.6 Å². The van der Waals surface area contributed by atoms with E-state index in [0.29, 0.717) is 6.54 Å². The number of hydrogen-bond acceptors (Lipinski definition) is 8. The van der Waals surface area contributed by atoms with E-state index in [1.165, 1.54) is 18.4 Å². The molecule has 2 aliphatic rings. The molecule has 2 fully saturated rings. The number of rotatable bonds is 4. The molecule has 5 atom stereocenters. The fraction of sp³-hybridized carbons (Fsp3) is 0.773. The lowest BCUT2D eigenvalue weighted by Crippen LogP contribution is -2.51. The minimum atomic E-state index is -0.574. The molecule has 3 rings (SSSR count). The van der Waals surface area contributed by atoms with Crippen LogP contribution < -0.4 is 0 Å². The Labute approximate surface area is 188 Å². The Morgan fingerprint density at radius 1 is 1.23 bits per heavy atom. The molecule has 0 N–H and O–H groups in total. The molecule has 9 heteroatoms. The summed E-state index contributed by atoms with van der Waals surface area (Å²) in [5, 5.41) is 0.827. The zero-order chi connectivity index (χ0) is 22.9. The molecule has 0 bridgehead atoms. The molecule has 0 saturated carbocycles. The first-order chi connectivity index (χ1) is 14.5. The second-order valence-electron chi connectivity index (χ2n) is 9.59. The van der Waals surface area contributed by atoms with Gasteiger partial charge in [0, 0.05) is 36.8 Å². The molecule has 31 heavy (non-hydrogen) atoms. The van der Waals surface area contributed by atoms with Gasteiger partial charge in [-0.15, -0.1) is 11.3 Å². The minimum Gasteiger partial charge on any atom is -0.469 e. The number of esters is 1. The molecule has 2 aliphatic heterocycles. The second-order valence-corrected chi connectivity index (χ2v) is 10.7. The summed E-state index contributed by atoms with van der Waals surface area (Å²) in [7, 11) is 1.39. The van der Waals surface area contributed by atoms with Crippen molar-refractivity contribution in [1.82, 2.24) is 14.8 Å². The number of carbonyl (C=O) groups excluding carboxylic acids is 2. The Morgan fingerprint density at radius 3 is 2.45 bits per heavy atom. The molecule has 0 radical (unpaired) electrons. The Kier molecular flexibility index (Phi) is 7.28. The number of aromatic nitrogens is 1. The van der Waals surface area contributed by atoms with Crippen LogP contribution in [0.2, 0.25) is 0 Å². The van der Waals surface area contributed by atoms with Crippen molar-refractivity contribution in [2.75, 3.05) is 26.7 Å². The van der Waals surface area contributed by atoms with E-state index in [1.807, 2.05) is 27.7 Å². The van der Waals surface area contributed by atoms with E-state index >= 15 is 0 Å². The van der Waals surface area contributed by atoms with Crippen molar-refractivity contribution in [1.29, 1.82) is 0 Å². The van der Waals surface area contributed by atoms with Crippen LogP contribution >= 0.6 is 11.3 Å². The van der Waals surface area contributed by atoms with Crippen molar-refractivity contribution in [3.05, 3.63) is 16.1 Å². The molecule has 2 saturated heterocycles. The van der Waals surface area contributed by atoms with Crippen LogP contribution in [-0.2, 0) is 19.0 Å². The first kappa shape index (κ1) is 23.9. The molecule has 1 amide bonds. The molecular weight excluding hydrogens is 418 g/mol. The Bertz CT molecular complexity index is 782. The smallest absolute Gasteiger partial charge is 0.410 e. The first-order valence-electron chi connectivity index (χ1n) is 10.9. The summed E-state index contributed by atoms with van der Waals surface area (Å²) < 4.78 is 16.5. The summed E-state index contributed by atoms with van der Waals surface area (Å²) >= 11 is 1.47. The zero-order valence-corrected chi connectivity index (χ0v) is 20.4. The molecule has 3 heterocycles. The van der Waals surface area contributed by atoms with Gasteiger partial charge >= 0.3 is 12.1 Å². The molecule has 0 spiro atoms. The molecule has 8 nitrogen and oxygen atoms in total. The number of hydrogen-bond donors (Lipinski definition) is 0. The van der Waals surface area contributed by atoms with Crippen LogP contribution in [-0.4, -0.2) is 77.4 Å². The molecule has 0 aliphatic carbocycles. The monoisotopic (exact) mass is 453 g/mol. The average Bonchev–Trinajstić information content (AvgIpc) is 3.31. The third kappa shape index (κ3) is 5.75. The molecule has 1 aromatic rings. The summed E-state index contributed by atoms with van der Waals surface area (Å²) in [6, 6.07) is 0.0219. The Hall–Kier alpha value is -1.71. The highest BCUT2D eigenvalue weighted by Gasteiger charge is 2.43. The average molecular weight is 454 g/mol. The van der Waals surface area contributed by atoms with Gasteiger partial charge in [-0.05, 0) is 48.0 Å². The lowest BCUT2D eigenvalue weighted by Gasteiger charge is -2.38. The van der Waals surface area contributed by atoms with E-state index in [9.17, 15) is 9.59 Å². The van der Waals surface area contributed by atoms with Gasteiger partial charge in [0.05, 0.1) is 31.3 Å². The van der Waals surface area contributed by atoms with E-state index < -0.39 is 5.60 Å². The fourth-order valence-electron chi connectivity index (χ4n) is 4.30. The molecule has 1 aromatic heterocycles. The van der Waals surface area contributed by atoms with Crippen molar-refractivity contribution in [2.24, 2.45) is 0 Å². The maximum Gasteiger partial charge on any atom is 0.410 e. The highest BCUT2D eigenvalue weighted by atomic mass is 32.1. The predicted octanol–water partition coefficient (Wildman–Crippen LogP) is 3.58. The van der Waals surface area contributed by atoms with Crippen LogP contribution in [0.1, 0.15) is 69.8 Å². The lowest BCUT2D eigenvalue weighted by atomic mass is 10.1. The number of methoxy groups -OCH3 is 1. The van der Waals surface area contributed by atoms with Gasteiger partial charge in [0.15, 0.2) is 0 Å². The van der Waals surface area contributed by atoms with E-state index in [-0.39, 0.29) is 42.3 Å². The summed E-state index contributed by atoms with van der Waals surface area (Å²) in [5.41, 5.74) is -0.574. The van der Waals surface area contributed by atoms with Gasteiger partial charge in [-0.3, -0.25) is 14.6 Å². The number of amides is 1. The third-order valence-electron chi connectivity index (χ3n) is 5.68. The van der Waals surface area contributed by atoms with Crippen molar-refractivity contribution >= 4 is 23.4 Å². The quantitative estimate of drug-likeness (QED) is 0.645. The summed E-state index contributed by atoms with van der Waals surface area (Å²) in [6.45, 7) is 13.9. The summed E-state index contributed by atoms with van der Waals surface area (Å²) in [4.78, 5) is 34.7. The van der Waals surface area contributed by atoms with Crippen LogP contribution in [0.25, 0.3) is 0 Å². The van der Waals surface area contributed by atoms with Crippen molar-refractivity contribution in [2.45, 2.75) is 83.8 Å². The molecule has 0 aromatic carbocycles. The van der Waals surface area contributed by atoms with Crippen molar-refractivity contribution in [3.63, 3.8) is 0 Å². The van der Waals surface area contributed by atoms with E-state index in [0.717, 1.165) is 29.4 Å². The van der Waals surface area contributed by atoms with Crippen molar-refractivity contribution in [3.8, 4) is 0 Å². The maximum atomic E-state index is 13.1. The third-order valence-corrected chi connectivity index (χ3v) is 6.96. The van der Waals surface area contributed by atoms with Gasteiger partial charge in [0.2, 0.25) is 0 Å². The van der Waals surface area contributed by atoms with E-state index in [1.54, 1.807) is 11.1 Å². The molecule has 174 valence electrons. The number of ether oxygens (including phenoxy) is 3. The van der Waals surface area contributed by atoms with Crippen LogP contribution in [0, 0.1) is 0 Å². The zero-order valence-electron chi connectivity index (χ0n) is 19.6. The first-order valence-corrected chi connectivity index (χ1v) is 11.7.